The molecule has 0 atom stereocenters. The average molecular weight is 415 g/mol. The van der Waals surface area contributed by atoms with Gasteiger partial charge in [0.15, 0.2) is 5.78 Å². The largest absolute Gasteiger partial charge is 0.326 e. The Morgan fingerprint density at radius 2 is 1.69 bits per heavy atom. The molecule has 0 bridgehead atoms. The van der Waals surface area contributed by atoms with E-state index in [1.807, 2.05) is 18.2 Å². The summed E-state index contributed by atoms with van der Waals surface area (Å²) in [6.07, 6.45) is 4.55. The van der Waals surface area contributed by atoms with Crippen molar-refractivity contribution in [1.29, 1.82) is 0 Å². The molecule has 2 aromatic carbocycles. The minimum Gasteiger partial charge on any atom is -0.326 e. The third-order valence-electron chi connectivity index (χ3n) is 5.28. The minimum atomic E-state index is -3.61. The summed E-state index contributed by atoms with van der Waals surface area (Å²) in [5, 5.41) is 2.68. The molecule has 2 aromatic rings. The fraction of sp³-hybridized carbons (Fsp3) is 0.364. The number of amides is 1. The fourth-order valence-corrected chi connectivity index (χ4v) is 4.57. The molecular formula is C22H26N2O4S. The van der Waals surface area contributed by atoms with Crippen LogP contribution >= 0.6 is 0 Å². The number of hydrogen-bond acceptors (Lipinski definition) is 4. The van der Waals surface area contributed by atoms with Crippen LogP contribution in [0.3, 0.4) is 0 Å². The van der Waals surface area contributed by atoms with Gasteiger partial charge in [-0.05, 0) is 74.5 Å². The van der Waals surface area contributed by atoms with Gasteiger partial charge in [0.1, 0.15) is 0 Å². The highest BCUT2D eigenvalue weighted by atomic mass is 32.2. The first-order valence-corrected chi connectivity index (χ1v) is 11.3. The Morgan fingerprint density at radius 1 is 0.966 bits per heavy atom. The Labute approximate surface area is 171 Å². The lowest BCUT2D eigenvalue weighted by Crippen LogP contribution is -2.20. The molecule has 1 aliphatic carbocycles. The van der Waals surface area contributed by atoms with E-state index in [0.717, 1.165) is 19.3 Å². The summed E-state index contributed by atoms with van der Waals surface area (Å²) in [6, 6.07) is 10.5. The normalized spacial score (nSPS) is 13.6. The van der Waals surface area contributed by atoms with E-state index in [0.29, 0.717) is 16.8 Å². The monoisotopic (exact) mass is 414 g/mol. The fourth-order valence-electron chi connectivity index (χ4n) is 3.58. The summed E-state index contributed by atoms with van der Waals surface area (Å²) in [6.45, 7) is 1.69. The smallest absolute Gasteiger partial charge is 0.240 e. The van der Waals surface area contributed by atoms with E-state index in [9.17, 15) is 18.0 Å². The van der Waals surface area contributed by atoms with Crippen LogP contribution in [0.4, 0.5) is 5.69 Å². The molecule has 0 saturated carbocycles. The molecule has 1 amide bonds. The summed E-state index contributed by atoms with van der Waals surface area (Å²) in [5.74, 6) is -0.385. The average Bonchev–Trinajstić information content (AvgIpc) is 2.72. The van der Waals surface area contributed by atoms with Crippen LogP contribution in [0.2, 0.25) is 0 Å². The highest BCUT2D eigenvalue weighted by molar-refractivity contribution is 7.89. The molecule has 0 aromatic heterocycles. The minimum absolute atomic E-state index is 0.0396. The lowest BCUT2D eigenvalue weighted by molar-refractivity contribution is -0.116. The molecule has 0 fully saturated rings. The van der Waals surface area contributed by atoms with Crippen LogP contribution in [0, 0.1) is 6.92 Å². The first-order chi connectivity index (χ1) is 13.8. The highest BCUT2D eigenvalue weighted by Gasteiger charge is 2.17. The van der Waals surface area contributed by atoms with Gasteiger partial charge in [-0.25, -0.2) is 13.1 Å². The van der Waals surface area contributed by atoms with Crippen molar-refractivity contribution >= 4 is 27.4 Å². The standard InChI is InChI=1S/C22H26N2O4S/c1-15-7-10-19(14-21(15)29(27,28)23-2)24-22(26)12-11-20(25)18-9-8-16-5-3-4-6-17(16)13-18/h7-10,13-14,23H,3-6,11-12H2,1-2H3,(H,24,26). The highest BCUT2D eigenvalue weighted by Crippen LogP contribution is 2.23. The quantitative estimate of drug-likeness (QED) is 0.680. The molecule has 0 radical (unpaired) electrons. The predicted octanol–water partition coefficient (Wildman–Crippen LogP) is 3.38. The Balaban J connectivity index is 1.61. The van der Waals surface area contributed by atoms with Crippen LogP contribution in [-0.2, 0) is 27.7 Å². The third-order valence-corrected chi connectivity index (χ3v) is 6.84. The topological polar surface area (TPSA) is 92.3 Å². The van der Waals surface area contributed by atoms with E-state index in [-0.39, 0.29) is 29.4 Å². The SMILES string of the molecule is CNS(=O)(=O)c1cc(NC(=O)CCC(=O)c2ccc3c(c2)CCCC3)ccc1C. The van der Waals surface area contributed by atoms with Gasteiger partial charge in [0, 0.05) is 24.1 Å². The van der Waals surface area contributed by atoms with Gasteiger partial charge < -0.3 is 5.32 Å². The molecule has 0 saturated heterocycles. The molecule has 0 spiro atoms. The summed E-state index contributed by atoms with van der Waals surface area (Å²) in [5.41, 5.74) is 4.17. The zero-order valence-electron chi connectivity index (χ0n) is 16.7. The predicted molar refractivity (Wildman–Crippen MR) is 113 cm³/mol. The van der Waals surface area contributed by atoms with Crippen molar-refractivity contribution in [1.82, 2.24) is 4.72 Å². The number of rotatable bonds is 7. The number of Topliss-reactive ketones (excluding diaryl/α,β-unsaturated/α-hetero) is 1. The summed E-state index contributed by atoms with van der Waals surface area (Å²) in [7, 11) is -2.27. The molecule has 7 heteroatoms. The van der Waals surface area contributed by atoms with Crippen molar-refractivity contribution < 1.29 is 18.0 Å². The Bertz CT molecular complexity index is 1040. The van der Waals surface area contributed by atoms with Gasteiger partial charge in [0.25, 0.3) is 0 Å². The number of ketones is 1. The molecule has 29 heavy (non-hydrogen) atoms. The molecule has 3 rings (SSSR count). The second kappa shape index (κ2) is 8.88. The van der Waals surface area contributed by atoms with Gasteiger partial charge in [0.2, 0.25) is 15.9 Å². The number of anilines is 1. The zero-order chi connectivity index (χ0) is 21.0. The Kier molecular flexibility index (Phi) is 6.49. The first kappa shape index (κ1) is 21.2. The van der Waals surface area contributed by atoms with Gasteiger partial charge in [-0.2, -0.15) is 0 Å². The van der Waals surface area contributed by atoms with Crippen LogP contribution in [0.1, 0.15) is 52.7 Å². The van der Waals surface area contributed by atoms with Crippen molar-refractivity contribution in [2.75, 3.05) is 12.4 Å². The van der Waals surface area contributed by atoms with Crippen molar-refractivity contribution in [2.24, 2.45) is 0 Å². The zero-order valence-corrected chi connectivity index (χ0v) is 17.6. The number of aryl methyl sites for hydroxylation is 3. The number of fused-ring (bicyclic) bond motifs is 1. The lowest BCUT2D eigenvalue weighted by Gasteiger charge is -2.16. The number of sulfonamides is 1. The summed E-state index contributed by atoms with van der Waals surface area (Å²) >= 11 is 0. The molecule has 0 heterocycles. The molecular weight excluding hydrogens is 388 g/mol. The van der Waals surface area contributed by atoms with E-state index in [4.69, 9.17) is 0 Å². The van der Waals surface area contributed by atoms with Gasteiger partial charge in [-0.3, -0.25) is 9.59 Å². The molecule has 1 aliphatic rings. The van der Waals surface area contributed by atoms with E-state index < -0.39 is 10.0 Å². The first-order valence-electron chi connectivity index (χ1n) is 9.79. The van der Waals surface area contributed by atoms with Gasteiger partial charge in [0.05, 0.1) is 4.90 Å². The van der Waals surface area contributed by atoms with Crippen LogP contribution < -0.4 is 10.0 Å². The maximum absolute atomic E-state index is 12.5. The van der Waals surface area contributed by atoms with Crippen LogP contribution in [0.15, 0.2) is 41.3 Å². The van der Waals surface area contributed by atoms with E-state index in [2.05, 4.69) is 10.0 Å². The number of carbonyl (C=O) groups excluding carboxylic acids is 2. The van der Waals surface area contributed by atoms with Crippen molar-refractivity contribution in [2.45, 2.75) is 50.3 Å². The second-order valence-electron chi connectivity index (χ2n) is 7.35. The van der Waals surface area contributed by atoms with Crippen LogP contribution in [0.25, 0.3) is 0 Å². The Morgan fingerprint density at radius 3 is 2.41 bits per heavy atom. The van der Waals surface area contributed by atoms with E-state index >= 15 is 0 Å². The van der Waals surface area contributed by atoms with E-state index in [1.165, 1.54) is 30.7 Å². The summed E-state index contributed by atoms with van der Waals surface area (Å²) < 4.78 is 26.4. The van der Waals surface area contributed by atoms with Crippen molar-refractivity contribution in [3.63, 3.8) is 0 Å². The van der Waals surface area contributed by atoms with E-state index in [1.54, 1.807) is 19.1 Å². The summed E-state index contributed by atoms with van der Waals surface area (Å²) in [4.78, 5) is 24.9. The molecule has 2 N–H and O–H groups in total. The van der Waals surface area contributed by atoms with Gasteiger partial charge in [-0.1, -0.05) is 18.2 Å². The molecule has 0 unspecified atom stereocenters. The number of hydrogen-bond donors (Lipinski definition) is 2. The molecule has 154 valence electrons. The van der Waals surface area contributed by atoms with Crippen LogP contribution in [0.5, 0.6) is 0 Å². The van der Waals surface area contributed by atoms with Crippen molar-refractivity contribution in [3.05, 3.63) is 58.7 Å². The maximum Gasteiger partial charge on any atom is 0.240 e. The maximum atomic E-state index is 12.5. The Hall–Kier alpha value is -2.51. The van der Waals surface area contributed by atoms with Crippen molar-refractivity contribution in [3.8, 4) is 0 Å². The lowest BCUT2D eigenvalue weighted by atomic mass is 9.89. The number of nitrogens with one attached hydrogen (secondary N) is 2. The number of benzene rings is 2. The molecule has 6 nitrogen and oxygen atoms in total. The van der Waals surface area contributed by atoms with Gasteiger partial charge >= 0.3 is 0 Å². The molecule has 0 aliphatic heterocycles. The van der Waals surface area contributed by atoms with Crippen LogP contribution in [-0.4, -0.2) is 27.2 Å². The third kappa shape index (κ3) is 5.10. The second-order valence-corrected chi connectivity index (χ2v) is 9.20. The van der Waals surface area contributed by atoms with Gasteiger partial charge in [-0.15, -0.1) is 0 Å². The number of carbonyl (C=O) groups is 2.